The molecule has 4 heteroatoms. The molecule has 1 aromatic heterocycles. The van der Waals surface area contributed by atoms with Crippen molar-refractivity contribution in [1.29, 1.82) is 0 Å². The molecule has 0 unspecified atom stereocenters. The lowest BCUT2D eigenvalue weighted by Crippen LogP contribution is -2.30. The Hall–Kier alpha value is -1.78. The Bertz CT molecular complexity index is 585. The summed E-state index contributed by atoms with van der Waals surface area (Å²) in [5, 5.41) is 10.4. The molecule has 1 aliphatic heterocycles. The van der Waals surface area contributed by atoms with Crippen LogP contribution in [0.1, 0.15) is 42.3 Å². The number of nitrogens with zero attached hydrogens (tertiary/aromatic N) is 3. The standard InChI is InChI=1S/C18H23N3O/c1-14-11-20-16(12-19-14)13-21-9-5-8-17(21)10-18(22)15-6-3-2-4-7-15/h2-4,6-7,11-12,17-18,22H,5,8-10,13H2,1H3/t17-,18-/m0/s1. The minimum atomic E-state index is -0.393. The molecule has 4 nitrogen and oxygen atoms in total. The van der Waals surface area contributed by atoms with Crippen LogP contribution >= 0.6 is 0 Å². The van der Waals surface area contributed by atoms with Gasteiger partial charge in [0, 0.05) is 25.0 Å². The van der Waals surface area contributed by atoms with E-state index in [9.17, 15) is 5.11 Å². The second-order valence-electron chi connectivity index (χ2n) is 6.08. The molecule has 1 saturated heterocycles. The average molecular weight is 297 g/mol. The van der Waals surface area contributed by atoms with Crippen LogP contribution in [0.25, 0.3) is 0 Å². The second-order valence-corrected chi connectivity index (χ2v) is 6.08. The van der Waals surface area contributed by atoms with Gasteiger partial charge in [-0.2, -0.15) is 0 Å². The van der Waals surface area contributed by atoms with Crippen LogP contribution in [0, 0.1) is 6.92 Å². The van der Waals surface area contributed by atoms with Crippen molar-refractivity contribution in [2.24, 2.45) is 0 Å². The van der Waals surface area contributed by atoms with Crippen molar-refractivity contribution in [1.82, 2.24) is 14.9 Å². The number of rotatable bonds is 5. The number of likely N-dealkylation sites (tertiary alicyclic amines) is 1. The van der Waals surface area contributed by atoms with Gasteiger partial charge in [-0.1, -0.05) is 30.3 Å². The van der Waals surface area contributed by atoms with E-state index in [4.69, 9.17) is 0 Å². The van der Waals surface area contributed by atoms with E-state index in [1.165, 1.54) is 6.42 Å². The predicted molar refractivity (Wildman–Crippen MR) is 86.2 cm³/mol. The summed E-state index contributed by atoms with van der Waals surface area (Å²) in [5.41, 5.74) is 2.96. The molecule has 116 valence electrons. The first-order valence-corrected chi connectivity index (χ1v) is 7.97. The molecule has 2 aromatic rings. The lowest BCUT2D eigenvalue weighted by atomic mass is 10.0. The summed E-state index contributed by atoms with van der Waals surface area (Å²) in [6.45, 7) is 3.84. The maximum absolute atomic E-state index is 10.4. The van der Waals surface area contributed by atoms with Gasteiger partial charge < -0.3 is 5.11 Å². The Morgan fingerprint density at radius 3 is 2.77 bits per heavy atom. The van der Waals surface area contributed by atoms with Gasteiger partial charge >= 0.3 is 0 Å². The van der Waals surface area contributed by atoms with Gasteiger partial charge in [-0.25, -0.2) is 0 Å². The third-order valence-corrected chi connectivity index (χ3v) is 4.38. The molecule has 3 rings (SSSR count). The van der Waals surface area contributed by atoms with E-state index < -0.39 is 6.10 Å². The van der Waals surface area contributed by atoms with Gasteiger partial charge in [-0.3, -0.25) is 14.9 Å². The SMILES string of the molecule is Cc1cnc(CN2CCC[C@H]2C[C@H](O)c2ccccc2)cn1. The summed E-state index contributed by atoms with van der Waals surface area (Å²) in [5.74, 6) is 0. The number of aliphatic hydroxyl groups excluding tert-OH is 1. The van der Waals surface area contributed by atoms with Crippen LogP contribution in [0.5, 0.6) is 0 Å². The zero-order valence-electron chi connectivity index (χ0n) is 13.0. The predicted octanol–water partition coefficient (Wildman–Crippen LogP) is 2.87. The molecule has 22 heavy (non-hydrogen) atoms. The van der Waals surface area contributed by atoms with E-state index in [2.05, 4.69) is 14.9 Å². The minimum absolute atomic E-state index is 0.393. The monoisotopic (exact) mass is 297 g/mol. The van der Waals surface area contributed by atoms with Crippen molar-refractivity contribution in [2.45, 2.75) is 44.9 Å². The van der Waals surface area contributed by atoms with Crippen molar-refractivity contribution < 1.29 is 5.11 Å². The van der Waals surface area contributed by atoms with Gasteiger partial charge in [0.25, 0.3) is 0 Å². The van der Waals surface area contributed by atoms with Crippen LogP contribution in [0.4, 0.5) is 0 Å². The lowest BCUT2D eigenvalue weighted by Gasteiger charge is -2.26. The summed E-state index contributed by atoms with van der Waals surface area (Å²) in [6.07, 6.45) is 6.39. The molecule has 0 aliphatic carbocycles. The van der Waals surface area contributed by atoms with Crippen LogP contribution in [0.15, 0.2) is 42.7 Å². The summed E-state index contributed by atoms with van der Waals surface area (Å²) in [6, 6.07) is 10.3. The molecule has 1 aliphatic rings. The number of benzene rings is 1. The fourth-order valence-corrected chi connectivity index (χ4v) is 3.15. The van der Waals surface area contributed by atoms with Crippen molar-refractivity contribution in [3.05, 3.63) is 59.7 Å². The molecule has 0 radical (unpaired) electrons. The van der Waals surface area contributed by atoms with E-state index >= 15 is 0 Å². The smallest absolute Gasteiger partial charge is 0.0805 e. The fourth-order valence-electron chi connectivity index (χ4n) is 3.15. The largest absolute Gasteiger partial charge is 0.388 e. The molecule has 0 bridgehead atoms. The Labute approximate surface area is 131 Å². The van der Waals surface area contributed by atoms with Crippen molar-refractivity contribution in [3.63, 3.8) is 0 Å². The Balaban J connectivity index is 1.62. The van der Waals surface area contributed by atoms with E-state index in [1.54, 1.807) is 0 Å². The molecule has 0 spiro atoms. The van der Waals surface area contributed by atoms with Crippen LogP contribution < -0.4 is 0 Å². The van der Waals surface area contributed by atoms with E-state index in [-0.39, 0.29) is 0 Å². The van der Waals surface area contributed by atoms with Crippen LogP contribution in [0.3, 0.4) is 0 Å². The average Bonchev–Trinajstić information content (AvgIpc) is 2.97. The van der Waals surface area contributed by atoms with Gasteiger partial charge in [-0.15, -0.1) is 0 Å². The van der Waals surface area contributed by atoms with Crippen LogP contribution in [-0.4, -0.2) is 32.6 Å². The molecule has 2 heterocycles. The van der Waals surface area contributed by atoms with E-state index in [0.717, 1.165) is 42.9 Å². The lowest BCUT2D eigenvalue weighted by molar-refractivity contribution is 0.117. The van der Waals surface area contributed by atoms with Crippen LogP contribution in [0.2, 0.25) is 0 Å². The summed E-state index contributed by atoms with van der Waals surface area (Å²) < 4.78 is 0. The number of aromatic nitrogens is 2. The highest BCUT2D eigenvalue weighted by Crippen LogP contribution is 2.28. The second kappa shape index (κ2) is 6.99. The molecule has 2 atom stereocenters. The molecule has 1 aromatic carbocycles. The highest BCUT2D eigenvalue weighted by Gasteiger charge is 2.27. The summed E-state index contributed by atoms with van der Waals surface area (Å²) in [4.78, 5) is 11.2. The summed E-state index contributed by atoms with van der Waals surface area (Å²) in [7, 11) is 0. The molecular formula is C18H23N3O. The third-order valence-electron chi connectivity index (χ3n) is 4.38. The first-order chi connectivity index (χ1) is 10.7. The van der Waals surface area contributed by atoms with E-state index in [0.29, 0.717) is 6.04 Å². The topological polar surface area (TPSA) is 49.2 Å². The first kappa shape index (κ1) is 15.1. The molecule has 0 saturated carbocycles. The quantitative estimate of drug-likeness (QED) is 0.922. The Kier molecular flexibility index (Phi) is 4.80. The Morgan fingerprint density at radius 2 is 2.05 bits per heavy atom. The number of aryl methyl sites for hydroxylation is 1. The number of aliphatic hydroxyl groups is 1. The fraction of sp³-hybridized carbons (Fsp3) is 0.444. The molecule has 1 N–H and O–H groups in total. The Morgan fingerprint density at radius 1 is 1.23 bits per heavy atom. The van der Waals surface area contributed by atoms with Gasteiger partial charge in [0.1, 0.15) is 0 Å². The zero-order valence-corrected chi connectivity index (χ0v) is 13.0. The highest BCUT2D eigenvalue weighted by atomic mass is 16.3. The maximum Gasteiger partial charge on any atom is 0.0805 e. The number of hydrogen-bond donors (Lipinski definition) is 1. The zero-order chi connectivity index (χ0) is 15.4. The van der Waals surface area contributed by atoms with Gasteiger partial charge in [0.05, 0.1) is 17.5 Å². The first-order valence-electron chi connectivity index (χ1n) is 7.97. The molecular weight excluding hydrogens is 274 g/mol. The molecule has 0 amide bonds. The van der Waals surface area contributed by atoms with E-state index in [1.807, 2.05) is 49.6 Å². The third kappa shape index (κ3) is 3.70. The van der Waals surface area contributed by atoms with Crippen LogP contribution in [-0.2, 0) is 6.54 Å². The summed E-state index contributed by atoms with van der Waals surface area (Å²) >= 11 is 0. The van der Waals surface area contributed by atoms with Crippen molar-refractivity contribution in [2.75, 3.05) is 6.54 Å². The highest BCUT2D eigenvalue weighted by molar-refractivity contribution is 5.17. The van der Waals surface area contributed by atoms with Gasteiger partial charge in [-0.05, 0) is 38.3 Å². The minimum Gasteiger partial charge on any atom is -0.388 e. The van der Waals surface area contributed by atoms with Crippen molar-refractivity contribution >= 4 is 0 Å². The molecule has 1 fully saturated rings. The van der Waals surface area contributed by atoms with Gasteiger partial charge in [0.2, 0.25) is 0 Å². The normalized spacial score (nSPS) is 20.2. The maximum atomic E-state index is 10.4. The number of hydrogen-bond acceptors (Lipinski definition) is 4. The van der Waals surface area contributed by atoms with Crippen molar-refractivity contribution in [3.8, 4) is 0 Å². The van der Waals surface area contributed by atoms with Gasteiger partial charge in [0.15, 0.2) is 0 Å².